The van der Waals surface area contributed by atoms with Gasteiger partial charge in [-0.15, -0.1) is 0 Å². The predicted octanol–water partition coefficient (Wildman–Crippen LogP) is 2.01. The number of hydrogen-bond donors (Lipinski definition) is 0. The van der Waals surface area contributed by atoms with Crippen LogP contribution < -0.4 is 0 Å². The smallest absolute Gasteiger partial charge is 0.0200 e. The Morgan fingerprint density at radius 3 is 3.00 bits per heavy atom. The van der Waals surface area contributed by atoms with Crippen LogP contribution in [0.3, 0.4) is 0 Å². The summed E-state index contributed by atoms with van der Waals surface area (Å²) in [4.78, 5) is 2.55. The highest BCUT2D eigenvalue weighted by Gasteiger charge is 2.21. The van der Waals surface area contributed by atoms with E-state index in [1.807, 2.05) is 0 Å². The van der Waals surface area contributed by atoms with E-state index in [4.69, 9.17) is 0 Å². The normalized spacial score (nSPS) is 31.9. The monoisotopic (exact) mass is 137 g/mol. The van der Waals surface area contributed by atoms with Crippen LogP contribution in [0.1, 0.15) is 26.2 Å². The molecule has 2 rings (SSSR count). The van der Waals surface area contributed by atoms with Gasteiger partial charge in [0.15, 0.2) is 0 Å². The Morgan fingerprint density at radius 2 is 2.40 bits per heavy atom. The van der Waals surface area contributed by atoms with E-state index in [1.165, 1.54) is 32.4 Å². The van der Waals surface area contributed by atoms with E-state index in [-0.39, 0.29) is 0 Å². The van der Waals surface area contributed by atoms with Crippen LogP contribution in [0.2, 0.25) is 0 Å². The van der Waals surface area contributed by atoms with Gasteiger partial charge in [-0.2, -0.15) is 0 Å². The lowest BCUT2D eigenvalue weighted by atomic mass is 10.0. The Kier molecular flexibility index (Phi) is 1.44. The molecule has 0 spiro atoms. The summed E-state index contributed by atoms with van der Waals surface area (Å²) in [5.41, 5.74) is 1.60. The fourth-order valence-corrected chi connectivity index (χ4v) is 1.75. The Morgan fingerprint density at radius 1 is 1.60 bits per heavy atom. The molecular weight excluding hydrogens is 122 g/mol. The number of rotatable bonds is 1. The van der Waals surface area contributed by atoms with Gasteiger partial charge in [-0.1, -0.05) is 13.0 Å². The Labute approximate surface area is 62.7 Å². The second-order valence-corrected chi connectivity index (χ2v) is 3.59. The van der Waals surface area contributed by atoms with Gasteiger partial charge in [0.25, 0.3) is 0 Å². The SMILES string of the molecule is C[C@H]1CCCN(C2=CC2)C1. The van der Waals surface area contributed by atoms with Crippen LogP contribution in [0.4, 0.5) is 0 Å². The first-order chi connectivity index (χ1) is 4.86. The van der Waals surface area contributed by atoms with Crippen molar-refractivity contribution in [1.29, 1.82) is 0 Å². The third-order valence-electron chi connectivity index (χ3n) is 2.45. The molecule has 1 fully saturated rings. The predicted molar refractivity (Wildman–Crippen MR) is 42.7 cm³/mol. The second kappa shape index (κ2) is 2.30. The number of hydrogen-bond acceptors (Lipinski definition) is 1. The molecule has 56 valence electrons. The summed E-state index contributed by atoms with van der Waals surface area (Å²) in [6.45, 7) is 4.98. The highest BCUT2D eigenvalue weighted by atomic mass is 15.2. The summed E-state index contributed by atoms with van der Waals surface area (Å²) in [6.07, 6.45) is 6.44. The summed E-state index contributed by atoms with van der Waals surface area (Å²) >= 11 is 0. The van der Waals surface area contributed by atoms with E-state index in [1.54, 1.807) is 5.70 Å². The first kappa shape index (κ1) is 6.26. The molecule has 1 heteroatoms. The maximum absolute atomic E-state index is 2.55. The van der Waals surface area contributed by atoms with Crippen LogP contribution in [0.5, 0.6) is 0 Å². The molecule has 0 amide bonds. The number of likely N-dealkylation sites (tertiary alicyclic amines) is 1. The summed E-state index contributed by atoms with van der Waals surface area (Å²) < 4.78 is 0. The van der Waals surface area contributed by atoms with Gasteiger partial charge in [0, 0.05) is 25.2 Å². The van der Waals surface area contributed by atoms with Crippen molar-refractivity contribution in [2.75, 3.05) is 13.1 Å². The van der Waals surface area contributed by atoms with Crippen LogP contribution in [-0.4, -0.2) is 18.0 Å². The van der Waals surface area contributed by atoms with Gasteiger partial charge in [0.05, 0.1) is 0 Å². The molecule has 1 aliphatic heterocycles. The minimum absolute atomic E-state index is 0.926. The van der Waals surface area contributed by atoms with Crippen molar-refractivity contribution in [1.82, 2.24) is 4.90 Å². The van der Waals surface area contributed by atoms with Crippen molar-refractivity contribution in [3.8, 4) is 0 Å². The van der Waals surface area contributed by atoms with Gasteiger partial charge in [0.1, 0.15) is 0 Å². The van der Waals surface area contributed by atoms with Gasteiger partial charge in [0.2, 0.25) is 0 Å². The third kappa shape index (κ3) is 1.18. The number of nitrogens with zero attached hydrogens (tertiary/aromatic N) is 1. The molecule has 0 bridgehead atoms. The highest BCUT2D eigenvalue weighted by Crippen LogP contribution is 2.28. The standard InChI is InChI=1S/C9H15N/c1-8-3-2-6-10(7-8)9-4-5-9/h4,8H,2-3,5-7H2,1H3/t8-/m0/s1. The summed E-state index contributed by atoms with van der Waals surface area (Å²) in [5, 5.41) is 0. The lowest BCUT2D eigenvalue weighted by molar-refractivity contribution is 0.236. The molecule has 0 saturated carbocycles. The highest BCUT2D eigenvalue weighted by molar-refractivity contribution is 5.20. The topological polar surface area (TPSA) is 3.24 Å². The van der Waals surface area contributed by atoms with E-state index < -0.39 is 0 Å². The maximum Gasteiger partial charge on any atom is 0.0200 e. The van der Waals surface area contributed by atoms with Crippen molar-refractivity contribution >= 4 is 0 Å². The van der Waals surface area contributed by atoms with Gasteiger partial charge >= 0.3 is 0 Å². The molecule has 1 saturated heterocycles. The minimum Gasteiger partial charge on any atom is -0.375 e. The first-order valence-corrected chi connectivity index (χ1v) is 4.30. The van der Waals surface area contributed by atoms with Gasteiger partial charge in [-0.3, -0.25) is 0 Å². The van der Waals surface area contributed by atoms with Crippen LogP contribution in [0.15, 0.2) is 11.8 Å². The Bertz CT molecular complexity index is 160. The zero-order valence-corrected chi connectivity index (χ0v) is 6.64. The fraction of sp³-hybridized carbons (Fsp3) is 0.778. The molecule has 2 aliphatic rings. The molecule has 1 nitrogen and oxygen atoms in total. The minimum atomic E-state index is 0.926. The van der Waals surface area contributed by atoms with Crippen LogP contribution in [0.25, 0.3) is 0 Å². The molecule has 1 atom stereocenters. The average Bonchev–Trinajstić information content (AvgIpc) is 2.68. The van der Waals surface area contributed by atoms with Gasteiger partial charge in [-0.05, 0) is 18.8 Å². The molecule has 1 heterocycles. The average molecular weight is 137 g/mol. The van der Waals surface area contributed by atoms with Crippen LogP contribution in [0, 0.1) is 5.92 Å². The van der Waals surface area contributed by atoms with Crippen molar-refractivity contribution in [2.45, 2.75) is 26.2 Å². The molecule has 0 aromatic rings. The third-order valence-corrected chi connectivity index (χ3v) is 2.45. The van der Waals surface area contributed by atoms with Crippen molar-refractivity contribution in [2.24, 2.45) is 5.92 Å². The van der Waals surface area contributed by atoms with Crippen molar-refractivity contribution < 1.29 is 0 Å². The first-order valence-electron chi connectivity index (χ1n) is 4.30. The molecule has 1 aliphatic carbocycles. The number of allylic oxidation sites excluding steroid dienone is 2. The lowest BCUT2D eigenvalue weighted by Gasteiger charge is -2.30. The Balaban J connectivity index is 1.90. The Hall–Kier alpha value is -0.460. The quantitative estimate of drug-likeness (QED) is 0.534. The van der Waals surface area contributed by atoms with E-state index in [0.29, 0.717) is 0 Å². The van der Waals surface area contributed by atoms with Crippen molar-refractivity contribution in [3.63, 3.8) is 0 Å². The van der Waals surface area contributed by atoms with Crippen LogP contribution >= 0.6 is 0 Å². The summed E-state index contributed by atoms with van der Waals surface area (Å²) in [7, 11) is 0. The molecule has 10 heavy (non-hydrogen) atoms. The van der Waals surface area contributed by atoms with E-state index in [2.05, 4.69) is 17.9 Å². The van der Waals surface area contributed by atoms with Gasteiger partial charge in [-0.25, -0.2) is 0 Å². The summed E-state index contributed by atoms with van der Waals surface area (Å²) in [6, 6.07) is 0. The number of piperidine rings is 1. The zero-order valence-electron chi connectivity index (χ0n) is 6.64. The van der Waals surface area contributed by atoms with Gasteiger partial charge < -0.3 is 4.90 Å². The van der Waals surface area contributed by atoms with E-state index in [9.17, 15) is 0 Å². The maximum atomic E-state index is 2.55. The fourth-order valence-electron chi connectivity index (χ4n) is 1.75. The second-order valence-electron chi connectivity index (χ2n) is 3.59. The van der Waals surface area contributed by atoms with Crippen molar-refractivity contribution in [3.05, 3.63) is 11.8 Å². The molecule has 0 aromatic heterocycles. The van der Waals surface area contributed by atoms with Crippen LogP contribution in [-0.2, 0) is 0 Å². The molecule has 0 N–H and O–H groups in total. The van der Waals surface area contributed by atoms with E-state index in [0.717, 1.165) is 5.92 Å². The molecule has 0 radical (unpaired) electrons. The molecule has 0 unspecified atom stereocenters. The largest absolute Gasteiger partial charge is 0.375 e. The van der Waals surface area contributed by atoms with E-state index >= 15 is 0 Å². The summed E-state index contributed by atoms with van der Waals surface area (Å²) in [5.74, 6) is 0.926. The molecule has 0 aromatic carbocycles. The zero-order chi connectivity index (χ0) is 6.97. The lowest BCUT2D eigenvalue weighted by Crippen LogP contribution is -2.31. The molecular formula is C9H15N.